The van der Waals surface area contributed by atoms with Gasteiger partial charge in [-0.3, -0.25) is 0 Å². The highest BCUT2D eigenvalue weighted by atomic mass is 28.4. The first-order valence-electron chi connectivity index (χ1n) is 7.07. The third kappa shape index (κ3) is 8.18. The molecule has 0 aliphatic heterocycles. The smallest absolute Gasteiger partial charge is 0.373 e. The van der Waals surface area contributed by atoms with Gasteiger partial charge in [0.2, 0.25) is 0 Å². The summed E-state index contributed by atoms with van der Waals surface area (Å²) in [6.07, 6.45) is 2.93. The van der Waals surface area contributed by atoms with Crippen molar-refractivity contribution in [3.63, 3.8) is 0 Å². The number of hydrogen-bond acceptors (Lipinski definition) is 5. The van der Waals surface area contributed by atoms with Crippen molar-refractivity contribution in [2.24, 2.45) is 5.73 Å². The molecule has 18 heavy (non-hydrogen) atoms. The van der Waals surface area contributed by atoms with E-state index in [9.17, 15) is 0 Å². The Kier molecular flexibility index (Phi) is 12.1. The van der Waals surface area contributed by atoms with Gasteiger partial charge < -0.3 is 24.3 Å². The second kappa shape index (κ2) is 12.1. The van der Waals surface area contributed by atoms with E-state index < -0.39 is 8.80 Å². The fraction of sp³-hybridized carbons (Fsp3) is 1.00. The predicted octanol–water partition coefficient (Wildman–Crippen LogP) is 1.71. The van der Waals surface area contributed by atoms with Gasteiger partial charge >= 0.3 is 8.80 Å². The summed E-state index contributed by atoms with van der Waals surface area (Å²) < 4.78 is 17.8. The third-order valence-corrected chi connectivity index (χ3v) is 5.12. The van der Waals surface area contributed by atoms with E-state index in [2.05, 4.69) is 26.1 Å². The van der Waals surface area contributed by atoms with Crippen LogP contribution in [0.3, 0.4) is 0 Å². The summed E-state index contributed by atoms with van der Waals surface area (Å²) in [5, 5.41) is 3.11. The zero-order valence-corrected chi connectivity index (χ0v) is 13.2. The van der Waals surface area contributed by atoms with Gasteiger partial charge in [0.15, 0.2) is 0 Å². The van der Waals surface area contributed by atoms with Gasteiger partial charge in [-0.1, -0.05) is 20.8 Å². The maximum absolute atomic E-state index is 5.94. The molecule has 0 amide bonds. The number of nitrogens with two attached hydrogens (primary N) is 1. The van der Waals surface area contributed by atoms with Crippen molar-refractivity contribution in [3.8, 4) is 0 Å². The summed E-state index contributed by atoms with van der Waals surface area (Å²) in [5.74, 6) is 0. The summed E-state index contributed by atoms with van der Waals surface area (Å²) in [4.78, 5) is 0. The molecule has 0 aliphatic rings. The van der Waals surface area contributed by atoms with Crippen molar-refractivity contribution < 1.29 is 13.3 Å². The molecular weight excluding hydrogens is 248 g/mol. The molecule has 3 N–H and O–H groups in total. The molecule has 0 saturated carbocycles. The van der Waals surface area contributed by atoms with E-state index >= 15 is 0 Å². The second-order valence-electron chi connectivity index (χ2n) is 4.18. The van der Waals surface area contributed by atoms with Crippen LogP contribution in [0.15, 0.2) is 0 Å². The maximum Gasteiger partial charge on any atom is 0.502 e. The Hall–Kier alpha value is 0.0169. The van der Waals surface area contributed by atoms with E-state index in [0.29, 0.717) is 26.5 Å². The summed E-state index contributed by atoms with van der Waals surface area (Å²) >= 11 is 0. The molecule has 5 nitrogen and oxygen atoms in total. The monoisotopic (exact) mass is 278 g/mol. The lowest BCUT2D eigenvalue weighted by Gasteiger charge is -2.29. The molecule has 0 radical (unpaired) electrons. The SMILES string of the molecule is CCCO[Si](CCNCN)(OCCC)OCCC. The van der Waals surface area contributed by atoms with Gasteiger partial charge in [-0.15, -0.1) is 0 Å². The van der Waals surface area contributed by atoms with Gasteiger partial charge in [0.1, 0.15) is 0 Å². The Labute approximate surface area is 113 Å². The van der Waals surface area contributed by atoms with Crippen molar-refractivity contribution in [2.75, 3.05) is 33.0 Å². The summed E-state index contributed by atoms with van der Waals surface area (Å²) in [5.41, 5.74) is 5.44. The highest BCUT2D eigenvalue weighted by Crippen LogP contribution is 2.16. The molecule has 0 rings (SSSR count). The number of rotatable bonds is 13. The summed E-state index contributed by atoms with van der Waals surface area (Å²) in [6, 6.07) is 0.782. The molecule has 0 atom stereocenters. The van der Waals surface area contributed by atoms with Gasteiger partial charge in [0.05, 0.1) is 0 Å². The molecule has 110 valence electrons. The largest absolute Gasteiger partial charge is 0.502 e. The molecular formula is C12H30N2O3Si. The van der Waals surface area contributed by atoms with Gasteiger partial charge in [-0.05, 0) is 19.3 Å². The quantitative estimate of drug-likeness (QED) is 0.305. The summed E-state index contributed by atoms with van der Waals surface area (Å²) in [6.45, 7) is 9.62. The minimum atomic E-state index is -2.51. The molecule has 0 bridgehead atoms. The molecule has 0 saturated heterocycles. The van der Waals surface area contributed by atoms with Gasteiger partial charge in [0, 0.05) is 39.1 Å². The Morgan fingerprint density at radius 3 is 1.67 bits per heavy atom. The number of hydrogen-bond donors (Lipinski definition) is 2. The molecule has 0 aromatic heterocycles. The van der Waals surface area contributed by atoms with Crippen LogP contribution in [0.1, 0.15) is 40.0 Å². The predicted molar refractivity (Wildman–Crippen MR) is 76.3 cm³/mol. The molecule has 0 aromatic carbocycles. The van der Waals surface area contributed by atoms with E-state index in [0.717, 1.165) is 31.9 Å². The van der Waals surface area contributed by atoms with Gasteiger partial charge in [-0.25, -0.2) is 0 Å². The van der Waals surface area contributed by atoms with Crippen LogP contribution in [0.5, 0.6) is 0 Å². The highest BCUT2D eigenvalue weighted by molar-refractivity contribution is 6.60. The van der Waals surface area contributed by atoms with Crippen molar-refractivity contribution in [2.45, 2.75) is 46.1 Å². The zero-order valence-electron chi connectivity index (χ0n) is 12.2. The third-order valence-electron chi connectivity index (χ3n) is 2.33. The van der Waals surface area contributed by atoms with Crippen LogP contribution < -0.4 is 11.1 Å². The van der Waals surface area contributed by atoms with Crippen LogP contribution in [0.2, 0.25) is 6.04 Å². The Balaban J connectivity index is 4.41. The summed E-state index contributed by atoms with van der Waals surface area (Å²) in [7, 11) is -2.51. The lowest BCUT2D eigenvalue weighted by molar-refractivity contribution is 0.0593. The Bertz CT molecular complexity index is 163. The molecule has 0 fully saturated rings. The van der Waals surface area contributed by atoms with Crippen LogP contribution in [0, 0.1) is 0 Å². The van der Waals surface area contributed by atoms with E-state index in [1.165, 1.54) is 0 Å². The minimum Gasteiger partial charge on any atom is -0.373 e. The molecule has 0 heterocycles. The lowest BCUT2D eigenvalue weighted by atomic mass is 10.5. The van der Waals surface area contributed by atoms with Gasteiger partial charge in [0.25, 0.3) is 0 Å². The molecule has 6 heteroatoms. The normalized spacial score (nSPS) is 12.0. The Morgan fingerprint density at radius 2 is 1.33 bits per heavy atom. The molecule has 0 aromatic rings. The molecule has 0 spiro atoms. The van der Waals surface area contributed by atoms with Crippen LogP contribution >= 0.6 is 0 Å². The average Bonchev–Trinajstić information content (AvgIpc) is 2.40. The Morgan fingerprint density at radius 1 is 0.889 bits per heavy atom. The lowest BCUT2D eigenvalue weighted by Crippen LogP contribution is -2.48. The first-order valence-corrected chi connectivity index (χ1v) is 9.00. The van der Waals surface area contributed by atoms with E-state index in [-0.39, 0.29) is 0 Å². The molecule has 0 aliphatic carbocycles. The van der Waals surface area contributed by atoms with E-state index in [1.54, 1.807) is 0 Å². The fourth-order valence-corrected chi connectivity index (χ4v) is 4.17. The molecule has 0 unspecified atom stereocenters. The van der Waals surface area contributed by atoms with Crippen molar-refractivity contribution >= 4 is 8.80 Å². The van der Waals surface area contributed by atoms with Crippen LogP contribution in [0.25, 0.3) is 0 Å². The standard InChI is InChI=1S/C12H30N2O3Si/c1-4-8-15-18(16-9-5-2,17-10-6-3)11-7-14-12-13/h14H,4-13H2,1-3H3. The minimum absolute atomic E-state index is 0.472. The van der Waals surface area contributed by atoms with Crippen LogP contribution in [-0.2, 0) is 13.3 Å². The van der Waals surface area contributed by atoms with Crippen molar-refractivity contribution in [1.82, 2.24) is 5.32 Å². The number of nitrogens with one attached hydrogen (secondary N) is 1. The maximum atomic E-state index is 5.94. The fourth-order valence-electron chi connectivity index (χ4n) is 1.46. The zero-order chi connectivity index (χ0) is 13.7. The van der Waals surface area contributed by atoms with Crippen LogP contribution in [0.4, 0.5) is 0 Å². The van der Waals surface area contributed by atoms with Crippen molar-refractivity contribution in [3.05, 3.63) is 0 Å². The average molecular weight is 278 g/mol. The van der Waals surface area contributed by atoms with E-state index in [4.69, 9.17) is 19.0 Å². The first-order chi connectivity index (χ1) is 8.74. The topological polar surface area (TPSA) is 65.7 Å². The first kappa shape index (κ1) is 18.0. The highest BCUT2D eigenvalue weighted by Gasteiger charge is 2.40. The van der Waals surface area contributed by atoms with E-state index in [1.807, 2.05) is 0 Å². The van der Waals surface area contributed by atoms with Crippen LogP contribution in [-0.4, -0.2) is 41.8 Å². The van der Waals surface area contributed by atoms with Crippen molar-refractivity contribution in [1.29, 1.82) is 0 Å². The van der Waals surface area contributed by atoms with Gasteiger partial charge in [-0.2, -0.15) is 0 Å². The second-order valence-corrected chi connectivity index (χ2v) is 6.91.